The first-order chi connectivity index (χ1) is 14.7. The highest BCUT2D eigenvalue weighted by Gasteiger charge is 2.28. The molecule has 2 aromatic rings. The molecular weight excluding hydrogens is 459 g/mol. The number of ether oxygens (including phenoxy) is 1. The Balaban J connectivity index is 2.26. The minimum atomic E-state index is -0.640. The molecule has 0 radical (unpaired) electrons. The molecule has 0 aromatic heterocycles. The van der Waals surface area contributed by atoms with Crippen molar-refractivity contribution >= 4 is 46.6 Å². The molecule has 0 aliphatic heterocycles. The van der Waals surface area contributed by atoms with E-state index < -0.39 is 6.04 Å². The molecule has 0 saturated carbocycles. The lowest BCUT2D eigenvalue weighted by Crippen LogP contribution is -2.50. The standard InChI is InChI=1S/C23H27Cl3N2O3/c1-5-20(23(30)27-6-2)28(12-16-7-8-18(24)19(25)11-16)21(29)13-31-17-9-14(3)22(26)15(4)10-17/h7-11,20H,5-6,12-13H2,1-4H3,(H,27,30). The number of likely N-dealkylation sites (N-methyl/N-ethyl adjacent to an activating group) is 1. The first-order valence-corrected chi connectivity index (χ1v) is 11.2. The second-order valence-corrected chi connectivity index (χ2v) is 8.44. The lowest BCUT2D eigenvalue weighted by molar-refractivity contribution is -0.142. The highest BCUT2D eigenvalue weighted by atomic mass is 35.5. The van der Waals surface area contributed by atoms with Crippen molar-refractivity contribution in [2.75, 3.05) is 13.2 Å². The minimum absolute atomic E-state index is 0.202. The highest BCUT2D eigenvalue weighted by Crippen LogP contribution is 2.26. The molecule has 168 valence electrons. The van der Waals surface area contributed by atoms with Crippen LogP contribution in [0.15, 0.2) is 30.3 Å². The van der Waals surface area contributed by atoms with Crippen LogP contribution in [-0.2, 0) is 16.1 Å². The van der Waals surface area contributed by atoms with E-state index in [1.807, 2.05) is 27.7 Å². The number of halogens is 3. The van der Waals surface area contributed by atoms with E-state index in [4.69, 9.17) is 39.5 Å². The van der Waals surface area contributed by atoms with Gasteiger partial charge in [0.25, 0.3) is 5.91 Å². The van der Waals surface area contributed by atoms with E-state index in [1.165, 1.54) is 4.90 Å². The van der Waals surface area contributed by atoms with Crippen LogP contribution in [0.1, 0.15) is 37.0 Å². The van der Waals surface area contributed by atoms with Crippen molar-refractivity contribution < 1.29 is 14.3 Å². The van der Waals surface area contributed by atoms with Crippen LogP contribution >= 0.6 is 34.8 Å². The average Bonchev–Trinajstić information content (AvgIpc) is 2.72. The van der Waals surface area contributed by atoms with Crippen molar-refractivity contribution in [1.82, 2.24) is 10.2 Å². The van der Waals surface area contributed by atoms with Gasteiger partial charge in [0.2, 0.25) is 5.91 Å². The van der Waals surface area contributed by atoms with Crippen LogP contribution in [0.4, 0.5) is 0 Å². The van der Waals surface area contributed by atoms with E-state index in [9.17, 15) is 9.59 Å². The minimum Gasteiger partial charge on any atom is -0.484 e. The lowest BCUT2D eigenvalue weighted by Gasteiger charge is -2.30. The van der Waals surface area contributed by atoms with Gasteiger partial charge in [-0.2, -0.15) is 0 Å². The van der Waals surface area contributed by atoms with Gasteiger partial charge in [0, 0.05) is 18.1 Å². The Morgan fingerprint density at radius 3 is 2.23 bits per heavy atom. The van der Waals surface area contributed by atoms with Crippen molar-refractivity contribution in [1.29, 1.82) is 0 Å². The summed E-state index contributed by atoms with van der Waals surface area (Å²) in [7, 11) is 0. The molecule has 2 amide bonds. The van der Waals surface area contributed by atoms with Crippen LogP contribution < -0.4 is 10.1 Å². The summed E-state index contributed by atoms with van der Waals surface area (Å²) >= 11 is 18.4. The maximum atomic E-state index is 13.2. The smallest absolute Gasteiger partial charge is 0.261 e. The topological polar surface area (TPSA) is 58.6 Å². The normalized spacial score (nSPS) is 11.7. The molecule has 1 N–H and O–H groups in total. The maximum absolute atomic E-state index is 13.2. The molecule has 5 nitrogen and oxygen atoms in total. The second-order valence-electron chi connectivity index (χ2n) is 7.25. The van der Waals surface area contributed by atoms with E-state index >= 15 is 0 Å². The SMILES string of the molecule is CCNC(=O)C(CC)N(Cc1ccc(Cl)c(Cl)c1)C(=O)COc1cc(C)c(Cl)c(C)c1. The van der Waals surface area contributed by atoms with Crippen LogP contribution in [0.2, 0.25) is 15.1 Å². The molecule has 0 saturated heterocycles. The number of benzene rings is 2. The molecule has 2 rings (SSSR count). The van der Waals surface area contributed by atoms with Crippen LogP contribution in [0.5, 0.6) is 5.75 Å². The van der Waals surface area contributed by atoms with E-state index in [-0.39, 0.29) is 25.0 Å². The Hall–Kier alpha value is -1.95. The van der Waals surface area contributed by atoms with Crippen molar-refractivity contribution in [2.45, 2.75) is 46.7 Å². The Morgan fingerprint density at radius 2 is 1.68 bits per heavy atom. The number of carbonyl (C=O) groups excluding carboxylic acids is 2. The average molecular weight is 486 g/mol. The molecule has 31 heavy (non-hydrogen) atoms. The van der Waals surface area contributed by atoms with Gasteiger partial charge in [-0.1, -0.05) is 47.8 Å². The van der Waals surface area contributed by atoms with E-state index in [0.29, 0.717) is 33.8 Å². The molecule has 0 aliphatic carbocycles. The molecule has 0 fully saturated rings. The summed E-state index contributed by atoms with van der Waals surface area (Å²) < 4.78 is 5.75. The maximum Gasteiger partial charge on any atom is 0.261 e. The van der Waals surface area contributed by atoms with Gasteiger partial charge < -0.3 is 15.0 Å². The van der Waals surface area contributed by atoms with Gasteiger partial charge in [0.05, 0.1) is 10.0 Å². The third kappa shape index (κ3) is 6.76. The highest BCUT2D eigenvalue weighted by molar-refractivity contribution is 6.42. The van der Waals surface area contributed by atoms with E-state index in [2.05, 4.69) is 5.32 Å². The predicted octanol–water partition coefficient (Wildman–Crippen LogP) is 5.59. The van der Waals surface area contributed by atoms with Crippen LogP contribution in [-0.4, -0.2) is 35.9 Å². The number of nitrogens with one attached hydrogen (secondary N) is 1. The monoisotopic (exact) mass is 484 g/mol. The number of aryl methyl sites for hydroxylation is 2. The van der Waals surface area contributed by atoms with Crippen LogP contribution in [0.3, 0.4) is 0 Å². The number of amides is 2. The van der Waals surface area contributed by atoms with Gasteiger partial charge in [0.1, 0.15) is 11.8 Å². The lowest BCUT2D eigenvalue weighted by atomic mass is 10.1. The van der Waals surface area contributed by atoms with Crippen LogP contribution in [0, 0.1) is 13.8 Å². The van der Waals surface area contributed by atoms with E-state index in [1.54, 1.807) is 30.3 Å². The van der Waals surface area contributed by atoms with E-state index in [0.717, 1.165) is 16.7 Å². The molecule has 1 unspecified atom stereocenters. The molecule has 0 bridgehead atoms. The van der Waals surface area contributed by atoms with Gasteiger partial charge in [-0.05, 0) is 68.1 Å². The summed E-state index contributed by atoms with van der Waals surface area (Å²) in [5.74, 6) is 0.0271. The summed E-state index contributed by atoms with van der Waals surface area (Å²) in [6.07, 6.45) is 0.456. The third-order valence-electron chi connectivity index (χ3n) is 4.85. The summed E-state index contributed by atoms with van der Waals surface area (Å²) in [5.41, 5.74) is 2.50. The summed E-state index contributed by atoms with van der Waals surface area (Å²) in [5, 5.41) is 4.28. The Kier molecular flexibility index (Phi) is 9.48. The molecular formula is C23H27Cl3N2O3. The van der Waals surface area contributed by atoms with Gasteiger partial charge in [-0.15, -0.1) is 0 Å². The van der Waals surface area contributed by atoms with Gasteiger partial charge in [-0.3, -0.25) is 9.59 Å². The fourth-order valence-electron chi connectivity index (χ4n) is 3.26. The van der Waals surface area contributed by atoms with Crippen molar-refractivity contribution in [3.63, 3.8) is 0 Å². The quantitative estimate of drug-likeness (QED) is 0.504. The molecule has 1 atom stereocenters. The molecule has 0 heterocycles. The van der Waals surface area contributed by atoms with Gasteiger partial charge in [-0.25, -0.2) is 0 Å². The summed E-state index contributed by atoms with van der Waals surface area (Å²) in [6, 6.07) is 8.08. The molecule has 8 heteroatoms. The van der Waals surface area contributed by atoms with Gasteiger partial charge in [0.15, 0.2) is 6.61 Å². The fourth-order valence-corrected chi connectivity index (χ4v) is 3.69. The zero-order valence-electron chi connectivity index (χ0n) is 18.1. The first kappa shape index (κ1) is 25.3. The van der Waals surface area contributed by atoms with Crippen LogP contribution in [0.25, 0.3) is 0 Å². The van der Waals surface area contributed by atoms with Crippen molar-refractivity contribution in [2.24, 2.45) is 0 Å². The number of nitrogens with zero attached hydrogens (tertiary/aromatic N) is 1. The van der Waals surface area contributed by atoms with Crippen molar-refractivity contribution in [3.05, 3.63) is 62.1 Å². The molecule has 0 spiro atoms. The first-order valence-electron chi connectivity index (χ1n) is 10.1. The zero-order valence-corrected chi connectivity index (χ0v) is 20.4. The Bertz CT molecular complexity index is 927. The number of hydrogen-bond acceptors (Lipinski definition) is 3. The fraction of sp³-hybridized carbons (Fsp3) is 0.391. The van der Waals surface area contributed by atoms with Gasteiger partial charge >= 0.3 is 0 Å². The number of rotatable bonds is 9. The summed E-state index contributed by atoms with van der Waals surface area (Å²) in [6.45, 7) is 7.92. The Morgan fingerprint density at radius 1 is 1.03 bits per heavy atom. The number of carbonyl (C=O) groups is 2. The molecule has 2 aromatic carbocycles. The largest absolute Gasteiger partial charge is 0.484 e. The summed E-state index contributed by atoms with van der Waals surface area (Å²) in [4.78, 5) is 27.3. The second kappa shape index (κ2) is 11.6. The zero-order chi connectivity index (χ0) is 23.1. The molecule has 0 aliphatic rings. The number of hydrogen-bond donors (Lipinski definition) is 1. The Labute approximate surface area is 198 Å². The predicted molar refractivity (Wildman–Crippen MR) is 126 cm³/mol. The third-order valence-corrected chi connectivity index (χ3v) is 6.18. The van der Waals surface area contributed by atoms with Crippen molar-refractivity contribution in [3.8, 4) is 5.75 Å².